The van der Waals surface area contributed by atoms with E-state index in [4.69, 9.17) is 16.3 Å². The van der Waals surface area contributed by atoms with Crippen LogP contribution >= 0.6 is 27.5 Å². The van der Waals surface area contributed by atoms with Crippen LogP contribution in [0.15, 0.2) is 40.9 Å². The first-order valence-electron chi connectivity index (χ1n) is 6.67. The van der Waals surface area contributed by atoms with Crippen LogP contribution in [-0.2, 0) is 0 Å². The predicted octanol–water partition coefficient (Wildman–Crippen LogP) is 5.79. The van der Waals surface area contributed by atoms with Crippen molar-refractivity contribution in [1.82, 2.24) is 0 Å². The van der Waals surface area contributed by atoms with Gasteiger partial charge in [-0.25, -0.2) is 0 Å². The Balaban J connectivity index is 2.49. The van der Waals surface area contributed by atoms with Crippen molar-refractivity contribution in [2.75, 3.05) is 6.61 Å². The normalized spacial score (nSPS) is 12.2. The van der Waals surface area contributed by atoms with Gasteiger partial charge >= 0.3 is 0 Å². The average Bonchev–Trinajstić information content (AvgIpc) is 2.43. The lowest BCUT2D eigenvalue weighted by molar-refractivity contribution is 0.337. The number of alkyl halides is 1. The molecule has 0 aliphatic carbocycles. The Bertz CT molecular complexity index is 610. The van der Waals surface area contributed by atoms with E-state index < -0.39 is 0 Å². The van der Waals surface area contributed by atoms with Crippen LogP contribution in [0, 0.1) is 13.8 Å². The second-order valence-corrected chi connectivity index (χ2v) is 6.04. The van der Waals surface area contributed by atoms with E-state index in [1.165, 1.54) is 11.1 Å². The van der Waals surface area contributed by atoms with Crippen LogP contribution in [0.1, 0.15) is 34.6 Å². The summed E-state index contributed by atoms with van der Waals surface area (Å²) in [5.41, 5.74) is 4.44. The van der Waals surface area contributed by atoms with Crippen LogP contribution in [-0.4, -0.2) is 6.61 Å². The molecule has 0 aliphatic rings. The van der Waals surface area contributed by atoms with Gasteiger partial charge in [0.15, 0.2) is 0 Å². The molecule has 2 aromatic rings. The molecule has 2 rings (SSSR count). The van der Waals surface area contributed by atoms with Gasteiger partial charge in [-0.3, -0.25) is 0 Å². The lowest BCUT2D eigenvalue weighted by atomic mass is 10.00. The maximum atomic E-state index is 6.71. The molecule has 1 atom stereocenters. The van der Waals surface area contributed by atoms with E-state index in [0.29, 0.717) is 6.61 Å². The molecule has 20 heavy (non-hydrogen) atoms. The summed E-state index contributed by atoms with van der Waals surface area (Å²) in [5.74, 6) is 0.853. The van der Waals surface area contributed by atoms with E-state index in [1.807, 2.05) is 31.2 Å². The van der Waals surface area contributed by atoms with Gasteiger partial charge in [-0.15, -0.1) is 11.6 Å². The monoisotopic (exact) mass is 352 g/mol. The standard InChI is InChI=1S/C17H18BrClO/c1-4-20-15-9-8-11(2)10-14(15)17(19)13-7-5-6-12(3)16(13)18/h5-10,17H,4H2,1-3H3. The van der Waals surface area contributed by atoms with Crippen molar-refractivity contribution in [3.05, 3.63) is 63.1 Å². The van der Waals surface area contributed by atoms with Crippen LogP contribution in [0.2, 0.25) is 0 Å². The van der Waals surface area contributed by atoms with Crippen molar-refractivity contribution < 1.29 is 4.74 Å². The maximum Gasteiger partial charge on any atom is 0.124 e. The minimum absolute atomic E-state index is 0.231. The van der Waals surface area contributed by atoms with Crippen molar-refractivity contribution in [3.8, 4) is 5.75 Å². The zero-order valence-corrected chi connectivity index (χ0v) is 14.3. The zero-order valence-electron chi connectivity index (χ0n) is 11.9. The van der Waals surface area contributed by atoms with Gasteiger partial charge < -0.3 is 4.74 Å². The Morgan fingerprint density at radius 1 is 1.15 bits per heavy atom. The van der Waals surface area contributed by atoms with Gasteiger partial charge in [0.25, 0.3) is 0 Å². The molecule has 0 amide bonds. The molecular formula is C17H18BrClO. The van der Waals surface area contributed by atoms with E-state index in [1.54, 1.807) is 0 Å². The van der Waals surface area contributed by atoms with Gasteiger partial charge in [-0.2, -0.15) is 0 Å². The molecular weight excluding hydrogens is 336 g/mol. The van der Waals surface area contributed by atoms with E-state index in [0.717, 1.165) is 21.3 Å². The maximum absolute atomic E-state index is 6.71. The molecule has 0 radical (unpaired) electrons. The quantitative estimate of drug-likeness (QED) is 0.632. The third kappa shape index (κ3) is 3.18. The lowest BCUT2D eigenvalue weighted by Gasteiger charge is -2.18. The smallest absolute Gasteiger partial charge is 0.124 e. The van der Waals surface area contributed by atoms with E-state index in [-0.39, 0.29) is 5.38 Å². The Morgan fingerprint density at radius 3 is 2.60 bits per heavy atom. The van der Waals surface area contributed by atoms with Crippen molar-refractivity contribution in [2.24, 2.45) is 0 Å². The second-order valence-electron chi connectivity index (χ2n) is 4.81. The Morgan fingerprint density at radius 2 is 1.90 bits per heavy atom. The Hall–Kier alpha value is -0.990. The molecule has 106 valence electrons. The molecule has 0 bridgehead atoms. The summed E-state index contributed by atoms with van der Waals surface area (Å²) in [6.45, 7) is 6.75. The van der Waals surface area contributed by atoms with Crippen LogP contribution in [0.4, 0.5) is 0 Å². The first-order valence-corrected chi connectivity index (χ1v) is 7.90. The highest BCUT2D eigenvalue weighted by molar-refractivity contribution is 9.10. The number of ether oxygens (including phenoxy) is 1. The van der Waals surface area contributed by atoms with Gasteiger partial charge in [0.1, 0.15) is 5.75 Å². The molecule has 0 aliphatic heterocycles. The topological polar surface area (TPSA) is 9.23 Å². The molecule has 0 N–H and O–H groups in total. The van der Waals surface area contributed by atoms with Gasteiger partial charge in [0.2, 0.25) is 0 Å². The predicted molar refractivity (Wildman–Crippen MR) is 88.9 cm³/mol. The lowest BCUT2D eigenvalue weighted by Crippen LogP contribution is -2.02. The van der Waals surface area contributed by atoms with Crippen molar-refractivity contribution >= 4 is 27.5 Å². The van der Waals surface area contributed by atoms with Gasteiger partial charge in [0, 0.05) is 10.0 Å². The summed E-state index contributed by atoms with van der Waals surface area (Å²) in [6, 6.07) is 12.3. The molecule has 0 fully saturated rings. The largest absolute Gasteiger partial charge is 0.494 e. The Kier molecular flexibility index (Phi) is 5.11. The average molecular weight is 354 g/mol. The highest BCUT2D eigenvalue weighted by atomic mass is 79.9. The van der Waals surface area contributed by atoms with Crippen molar-refractivity contribution in [1.29, 1.82) is 0 Å². The summed E-state index contributed by atoms with van der Waals surface area (Å²) < 4.78 is 6.76. The number of halogens is 2. The molecule has 0 spiro atoms. The third-order valence-corrected chi connectivity index (χ3v) is 4.79. The van der Waals surface area contributed by atoms with Crippen LogP contribution < -0.4 is 4.74 Å². The highest BCUT2D eigenvalue weighted by Crippen LogP contribution is 2.39. The van der Waals surface area contributed by atoms with E-state index in [2.05, 4.69) is 41.9 Å². The molecule has 0 saturated heterocycles. The molecule has 3 heteroatoms. The summed E-state index contributed by atoms with van der Waals surface area (Å²) in [7, 11) is 0. The fourth-order valence-electron chi connectivity index (χ4n) is 2.19. The summed E-state index contributed by atoms with van der Waals surface area (Å²) >= 11 is 10.3. The van der Waals surface area contributed by atoms with Crippen molar-refractivity contribution in [2.45, 2.75) is 26.1 Å². The van der Waals surface area contributed by atoms with Crippen molar-refractivity contribution in [3.63, 3.8) is 0 Å². The zero-order chi connectivity index (χ0) is 14.7. The van der Waals surface area contributed by atoms with Gasteiger partial charge in [0.05, 0.1) is 12.0 Å². The number of benzene rings is 2. The second kappa shape index (κ2) is 6.64. The molecule has 2 aromatic carbocycles. The van der Waals surface area contributed by atoms with E-state index in [9.17, 15) is 0 Å². The minimum Gasteiger partial charge on any atom is -0.494 e. The van der Waals surface area contributed by atoms with Gasteiger partial charge in [-0.05, 0) is 38.0 Å². The van der Waals surface area contributed by atoms with Gasteiger partial charge in [-0.1, -0.05) is 51.8 Å². The SMILES string of the molecule is CCOc1ccc(C)cc1C(Cl)c1cccc(C)c1Br. The molecule has 0 saturated carbocycles. The number of hydrogen-bond donors (Lipinski definition) is 0. The number of hydrogen-bond acceptors (Lipinski definition) is 1. The first-order chi connectivity index (χ1) is 9.54. The first kappa shape index (κ1) is 15.4. The molecule has 0 aromatic heterocycles. The number of rotatable bonds is 4. The van der Waals surface area contributed by atoms with E-state index >= 15 is 0 Å². The molecule has 1 unspecified atom stereocenters. The Labute approximate surface area is 134 Å². The van der Waals surface area contributed by atoms with Crippen LogP contribution in [0.25, 0.3) is 0 Å². The van der Waals surface area contributed by atoms with Crippen LogP contribution in [0.3, 0.4) is 0 Å². The van der Waals surface area contributed by atoms with Crippen LogP contribution in [0.5, 0.6) is 5.75 Å². The number of aryl methyl sites for hydroxylation is 2. The third-order valence-electron chi connectivity index (χ3n) is 3.23. The summed E-state index contributed by atoms with van der Waals surface area (Å²) in [6.07, 6.45) is 0. The fraction of sp³-hybridized carbons (Fsp3) is 0.294. The molecule has 0 heterocycles. The summed E-state index contributed by atoms with van der Waals surface area (Å²) in [4.78, 5) is 0. The fourth-order valence-corrected chi connectivity index (χ4v) is 3.16. The molecule has 1 nitrogen and oxygen atoms in total. The minimum atomic E-state index is -0.231. The summed E-state index contributed by atoms with van der Waals surface area (Å²) in [5, 5.41) is -0.231. The highest BCUT2D eigenvalue weighted by Gasteiger charge is 2.19.